The van der Waals surface area contributed by atoms with Gasteiger partial charge in [0.2, 0.25) is 0 Å². The van der Waals surface area contributed by atoms with Gasteiger partial charge >= 0.3 is 0 Å². The first kappa shape index (κ1) is 78.8. The third-order valence-corrected chi connectivity index (χ3v) is 25.9. The molecule has 0 spiro atoms. The van der Waals surface area contributed by atoms with Crippen LogP contribution >= 0.6 is 0 Å². The zero-order chi connectivity index (χ0) is 83.9. The summed E-state index contributed by atoms with van der Waals surface area (Å²) < 4.78 is 2.59. The van der Waals surface area contributed by atoms with Gasteiger partial charge in [0.05, 0.1) is 22.4 Å². The number of aryl methyl sites for hydroxylation is 1. The fourth-order valence-corrected chi connectivity index (χ4v) is 19.0. The zero-order valence-electron chi connectivity index (χ0n) is 73.0. The van der Waals surface area contributed by atoms with Crippen LogP contribution in [0, 0.1) is 0 Å². The molecule has 0 fully saturated rings. The van der Waals surface area contributed by atoms with Crippen molar-refractivity contribution in [2.45, 2.75) is 144 Å². The van der Waals surface area contributed by atoms with E-state index in [1.807, 2.05) is 0 Å². The van der Waals surface area contributed by atoms with E-state index in [1.54, 1.807) is 0 Å². The Hall–Kier alpha value is -13.0. The molecule has 598 valence electrons. The molecule has 3 heterocycles. The van der Waals surface area contributed by atoms with Crippen molar-refractivity contribution in [1.82, 2.24) is 4.57 Å². The Morgan fingerprint density at radius 3 is 0.926 bits per heavy atom. The topological polar surface area (TPSA) is 11.4 Å². The van der Waals surface area contributed by atoms with Crippen LogP contribution < -0.4 is 26.2 Å². The highest BCUT2D eigenvalue weighted by molar-refractivity contribution is 7.00. The second kappa shape index (κ2) is 31.5. The Balaban J connectivity index is 0.978. The smallest absolute Gasteiger partial charge is 0.252 e. The number of rotatable bonds is 17. The molecule has 0 saturated heterocycles. The Bertz CT molecular complexity index is 6470. The number of anilines is 6. The normalized spacial score (nSPS) is 12.7. The van der Waals surface area contributed by atoms with Crippen LogP contribution in [0.2, 0.25) is 0 Å². The maximum atomic E-state index is 2.81. The largest absolute Gasteiger partial charge is 0.310 e. The summed E-state index contributed by atoms with van der Waals surface area (Å²) in [4.78, 5) is 5.57. The summed E-state index contributed by atoms with van der Waals surface area (Å²) in [5, 5.41) is 2.53. The van der Waals surface area contributed by atoms with Crippen molar-refractivity contribution in [1.29, 1.82) is 0 Å². The highest BCUT2D eigenvalue weighted by atomic mass is 15.2. The maximum Gasteiger partial charge on any atom is 0.252 e. The summed E-state index contributed by atoms with van der Waals surface area (Å²) >= 11 is 0. The van der Waals surface area contributed by atoms with Crippen molar-refractivity contribution in [2.75, 3.05) is 9.80 Å². The molecule has 0 unspecified atom stereocenters. The molecule has 2 aliphatic rings. The van der Waals surface area contributed by atoms with Crippen LogP contribution in [0.5, 0.6) is 0 Å². The highest BCUT2D eigenvalue weighted by Gasteiger charge is 2.46. The van der Waals surface area contributed by atoms with Crippen molar-refractivity contribution >= 4 is 79.0 Å². The first-order chi connectivity index (χ1) is 59.0. The van der Waals surface area contributed by atoms with Crippen LogP contribution in [0.25, 0.3) is 128 Å². The van der Waals surface area contributed by atoms with Crippen LogP contribution in [0.3, 0.4) is 0 Å². The fourth-order valence-electron chi connectivity index (χ4n) is 19.0. The molecule has 1 aromatic heterocycles. The molecular weight excluding hydrogens is 1470 g/mol. The Morgan fingerprint density at radius 2 is 0.574 bits per heavy atom. The predicted octanol–water partition coefficient (Wildman–Crippen LogP) is 31.2. The minimum absolute atomic E-state index is 0.0765. The molecule has 0 bridgehead atoms. The van der Waals surface area contributed by atoms with Crippen molar-refractivity contribution in [2.24, 2.45) is 0 Å². The molecule has 0 radical (unpaired) electrons. The van der Waals surface area contributed by atoms with E-state index in [1.165, 1.54) is 151 Å². The number of hydrogen-bond acceptors (Lipinski definition) is 2. The molecular formula is C118H108BN3. The lowest BCUT2D eigenvalue weighted by Crippen LogP contribution is -2.61. The molecule has 0 N–H and O–H groups in total. The number of aromatic nitrogens is 1. The number of benzene rings is 16. The van der Waals surface area contributed by atoms with Crippen LogP contribution in [-0.4, -0.2) is 11.3 Å². The van der Waals surface area contributed by atoms with E-state index in [0.717, 1.165) is 87.5 Å². The standard InChI is InChI=1S/C118H108BN3/c1-14-15-16-22-33-78-68-110-112-111(69-78)122(114-100(90-56-48-86(49-57-90)81-38-27-19-28-39-81)75-96(118(11,12)13)76-101(114)91-58-50-87(51-59-91)82-40-29-20-30-41-82)109-77-97(120-106-66-61-93(115(2,3)4)71-102(106)103-72-94(116(5,6)7)62-67-107(103)120)63-64-104(109)119(112)105-70-92(83-42-31-21-32-43-83)60-65-108(105)121(110)113-98(88-52-44-84(45-53-88)79-34-23-17-24-35-79)73-95(117(8,9)10)74-99(113)89-54-46-85(47-55-89)80-36-25-18-26-37-80/h17-21,23-32,34-77H,14-16,22,33H2,1-13H3. The van der Waals surface area contributed by atoms with Gasteiger partial charge in [-0.25, -0.2) is 0 Å². The second-order valence-electron chi connectivity index (χ2n) is 38.3. The van der Waals surface area contributed by atoms with Gasteiger partial charge in [0.1, 0.15) is 0 Å². The van der Waals surface area contributed by atoms with Gasteiger partial charge in [0.15, 0.2) is 0 Å². The predicted molar refractivity (Wildman–Crippen MR) is 526 cm³/mol. The van der Waals surface area contributed by atoms with Crippen LogP contribution in [0.15, 0.2) is 358 Å². The lowest BCUT2D eigenvalue weighted by molar-refractivity contribution is 0.590. The summed E-state index contributed by atoms with van der Waals surface area (Å²) in [5.41, 5.74) is 41.1. The van der Waals surface area contributed by atoms with E-state index in [0.29, 0.717) is 0 Å². The molecule has 0 amide bonds. The second-order valence-corrected chi connectivity index (χ2v) is 38.3. The van der Waals surface area contributed by atoms with Gasteiger partial charge < -0.3 is 14.4 Å². The van der Waals surface area contributed by atoms with Crippen LogP contribution in [-0.2, 0) is 28.1 Å². The molecule has 122 heavy (non-hydrogen) atoms. The Kier molecular flexibility index (Phi) is 20.4. The Labute approximate surface area is 723 Å². The molecule has 16 aromatic carbocycles. The van der Waals surface area contributed by atoms with Crippen molar-refractivity contribution in [3.63, 3.8) is 0 Å². The fraction of sp³-hybridized carbons (Fsp3) is 0.186. The summed E-state index contributed by atoms with van der Waals surface area (Å²) in [6.45, 7) is 30.5. The summed E-state index contributed by atoms with van der Waals surface area (Å²) in [7, 11) is 0. The third kappa shape index (κ3) is 14.8. The average molecular weight is 1580 g/mol. The van der Waals surface area contributed by atoms with E-state index in [4.69, 9.17) is 0 Å². The van der Waals surface area contributed by atoms with E-state index in [2.05, 4.69) is 462 Å². The third-order valence-electron chi connectivity index (χ3n) is 25.9. The first-order valence-corrected chi connectivity index (χ1v) is 44.2. The lowest BCUT2D eigenvalue weighted by Gasteiger charge is -2.46. The van der Waals surface area contributed by atoms with Gasteiger partial charge in [-0.15, -0.1) is 0 Å². The van der Waals surface area contributed by atoms with Crippen LogP contribution in [0.4, 0.5) is 34.1 Å². The van der Waals surface area contributed by atoms with Gasteiger partial charge in [0.25, 0.3) is 6.71 Å². The SMILES string of the molecule is CCCCCCc1cc2c3c(c1)N(c1c(-c4ccc(-c5ccccc5)cc4)cc(C(C)(C)C)cc1-c1ccc(-c4ccccc4)cc1)c1cc(-n4c5ccc(C(C)(C)C)cc5c5cc(C(C)(C)C)ccc54)ccc1B3c1cc(-c3ccccc3)ccc1N2c1c(-c2ccc(-c3ccccc3)cc2)cc(C(C)(C)C)cc1-c1ccc(-c2ccccc2)cc1. The summed E-state index contributed by atoms with van der Waals surface area (Å²) in [5.74, 6) is 0. The van der Waals surface area contributed by atoms with Gasteiger partial charge in [-0.2, -0.15) is 0 Å². The number of fused-ring (bicyclic) bond motifs is 7. The van der Waals surface area contributed by atoms with Gasteiger partial charge in [-0.1, -0.05) is 388 Å². The Morgan fingerprint density at radius 1 is 0.246 bits per heavy atom. The molecule has 0 atom stereocenters. The van der Waals surface area contributed by atoms with E-state index >= 15 is 0 Å². The van der Waals surface area contributed by atoms with Gasteiger partial charge in [0, 0.05) is 61.5 Å². The molecule has 2 aliphatic heterocycles. The van der Waals surface area contributed by atoms with Gasteiger partial charge in [-0.05, 0) is 235 Å². The minimum atomic E-state index is -0.265. The summed E-state index contributed by atoms with van der Waals surface area (Å²) in [6, 6.07) is 138. The zero-order valence-corrected chi connectivity index (χ0v) is 73.0. The first-order valence-electron chi connectivity index (χ1n) is 44.2. The number of hydrogen-bond donors (Lipinski definition) is 0. The maximum absolute atomic E-state index is 2.81. The van der Waals surface area contributed by atoms with E-state index in [-0.39, 0.29) is 28.4 Å². The molecule has 19 rings (SSSR count). The molecule has 17 aromatic rings. The number of unbranched alkanes of at least 4 members (excludes halogenated alkanes) is 3. The van der Waals surface area contributed by atoms with E-state index in [9.17, 15) is 0 Å². The van der Waals surface area contributed by atoms with Crippen molar-refractivity contribution in [3.05, 3.63) is 386 Å². The summed E-state index contributed by atoms with van der Waals surface area (Å²) in [6.07, 6.45) is 5.38. The van der Waals surface area contributed by atoms with Crippen molar-refractivity contribution < 1.29 is 0 Å². The monoisotopic (exact) mass is 1580 g/mol. The molecule has 3 nitrogen and oxygen atoms in total. The quantitative estimate of drug-likeness (QED) is 0.0665. The van der Waals surface area contributed by atoms with Crippen molar-refractivity contribution in [3.8, 4) is 106 Å². The minimum Gasteiger partial charge on any atom is -0.310 e. The molecule has 4 heteroatoms. The molecule has 0 saturated carbocycles. The van der Waals surface area contributed by atoms with E-state index < -0.39 is 0 Å². The van der Waals surface area contributed by atoms with Crippen LogP contribution in [0.1, 0.15) is 144 Å². The average Bonchev–Trinajstić information content (AvgIpc) is 0.736. The highest BCUT2D eigenvalue weighted by Crippen LogP contribution is 2.56. The number of nitrogens with zero attached hydrogens (tertiary/aromatic N) is 3. The molecule has 0 aliphatic carbocycles. The van der Waals surface area contributed by atoms with Gasteiger partial charge in [-0.3, -0.25) is 0 Å². The lowest BCUT2D eigenvalue weighted by atomic mass is 9.33.